The van der Waals surface area contributed by atoms with Crippen LogP contribution in [0.5, 0.6) is 0 Å². The molecule has 188 valence electrons. The highest BCUT2D eigenvalue weighted by atomic mass is 32.1. The number of carbonyl (C=O) groups is 2. The Bertz CT molecular complexity index is 1180. The molecule has 9 nitrogen and oxygen atoms in total. The van der Waals surface area contributed by atoms with Gasteiger partial charge in [0.05, 0.1) is 17.6 Å². The highest BCUT2D eigenvalue weighted by Crippen LogP contribution is 2.45. The van der Waals surface area contributed by atoms with Crippen molar-refractivity contribution < 1.29 is 19.2 Å². The molecule has 0 spiro atoms. The molecule has 0 radical (unpaired) electrons. The lowest BCUT2D eigenvalue weighted by Crippen LogP contribution is -2.55. The second kappa shape index (κ2) is 9.23. The summed E-state index contributed by atoms with van der Waals surface area (Å²) < 4.78 is 5.06. The first-order chi connectivity index (χ1) is 16.4. The molecule has 4 rings (SSSR count). The summed E-state index contributed by atoms with van der Waals surface area (Å²) in [6, 6.07) is 4.57. The van der Waals surface area contributed by atoms with Gasteiger partial charge in [-0.3, -0.25) is 14.9 Å². The summed E-state index contributed by atoms with van der Waals surface area (Å²) in [5.41, 5.74) is 1.14. The molecule has 35 heavy (non-hydrogen) atoms. The second-order valence-electron chi connectivity index (χ2n) is 10.4. The van der Waals surface area contributed by atoms with E-state index in [-0.39, 0.29) is 16.8 Å². The van der Waals surface area contributed by atoms with Gasteiger partial charge in [0.2, 0.25) is 0 Å². The molecule has 2 aliphatic heterocycles. The number of esters is 1. The summed E-state index contributed by atoms with van der Waals surface area (Å²) in [4.78, 5) is 40.4. The van der Waals surface area contributed by atoms with Gasteiger partial charge in [-0.25, -0.2) is 4.79 Å². The van der Waals surface area contributed by atoms with Crippen LogP contribution in [0.4, 0.5) is 16.4 Å². The number of nitro groups is 1. The van der Waals surface area contributed by atoms with Crippen LogP contribution in [0, 0.1) is 10.1 Å². The Balaban J connectivity index is 1.70. The summed E-state index contributed by atoms with van der Waals surface area (Å²) in [5, 5.41) is 18.7. The van der Waals surface area contributed by atoms with Crippen molar-refractivity contribution in [2.45, 2.75) is 64.5 Å². The van der Waals surface area contributed by atoms with Crippen LogP contribution >= 0.6 is 11.3 Å². The minimum Gasteiger partial charge on any atom is -0.465 e. The smallest absolute Gasteiger partial charge is 0.341 e. The van der Waals surface area contributed by atoms with Crippen LogP contribution < -0.4 is 15.5 Å². The van der Waals surface area contributed by atoms with E-state index in [1.807, 2.05) is 18.7 Å². The molecule has 1 aromatic carbocycles. The minimum atomic E-state index is -0.516. The third-order valence-corrected chi connectivity index (χ3v) is 8.06. The van der Waals surface area contributed by atoms with E-state index in [2.05, 4.69) is 24.5 Å². The van der Waals surface area contributed by atoms with Gasteiger partial charge in [0.1, 0.15) is 10.7 Å². The Morgan fingerprint density at radius 2 is 1.86 bits per heavy atom. The number of fused-ring (bicyclic) bond motifs is 1. The van der Waals surface area contributed by atoms with E-state index in [1.165, 1.54) is 24.5 Å². The zero-order valence-electron chi connectivity index (χ0n) is 20.8. The number of nitro benzene ring substituents is 1. The maximum absolute atomic E-state index is 13.2. The molecule has 0 saturated carbocycles. The van der Waals surface area contributed by atoms with Gasteiger partial charge in [-0.2, -0.15) is 0 Å². The Labute approximate surface area is 209 Å². The molecular weight excluding hydrogens is 468 g/mol. The number of hydrogen-bond acceptors (Lipinski definition) is 8. The molecule has 1 amide bonds. The van der Waals surface area contributed by atoms with Gasteiger partial charge in [0.25, 0.3) is 11.6 Å². The number of nitrogens with one attached hydrogen (secondary N) is 2. The maximum Gasteiger partial charge on any atom is 0.341 e. The molecule has 1 saturated heterocycles. The number of methoxy groups -OCH3 is 1. The zero-order chi connectivity index (χ0) is 25.5. The van der Waals surface area contributed by atoms with E-state index < -0.39 is 22.3 Å². The van der Waals surface area contributed by atoms with Gasteiger partial charge in [0, 0.05) is 40.7 Å². The average molecular weight is 501 g/mol. The first-order valence-corrected chi connectivity index (χ1v) is 12.6. The van der Waals surface area contributed by atoms with Gasteiger partial charge >= 0.3 is 5.97 Å². The van der Waals surface area contributed by atoms with Gasteiger partial charge < -0.3 is 20.3 Å². The first-order valence-electron chi connectivity index (χ1n) is 11.8. The normalized spacial score (nSPS) is 18.5. The number of anilines is 2. The third-order valence-electron chi connectivity index (χ3n) is 6.59. The number of rotatable bonds is 5. The van der Waals surface area contributed by atoms with Gasteiger partial charge in [-0.1, -0.05) is 0 Å². The largest absolute Gasteiger partial charge is 0.465 e. The van der Waals surface area contributed by atoms with Crippen LogP contribution in [0.3, 0.4) is 0 Å². The third kappa shape index (κ3) is 4.90. The Kier molecular flexibility index (Phi) is 6.63. The van der Waals surface area contributed by atoms with E-state index >= 15 is 0 Å². The Morgan fingerprint density at radius 3 is 2.49 bits per heavy atom. The van der Waals surface area contributed by atoms with E-state index in [0.717, 1.165) is 42.8 Å². The predicted octanol–water partition coefficient (Wildman–Crippen LogP) is 4.84. The SMILES string of the molecule is COC(=O)c1c(NC(=O)c2ccc(N3CCCCC3)c([N+](=O)[O-])c2)sc2c1CC(C)(C)NC2(C)C. The van der Waals surface area contributed by atoms with Crippen molar-refractivity contribution in [1.29, 1.82) is 0 Å². The summed E-state index contributed by atoms with van der Waals surface area (Å²) in [6.07, 6.45) is 3.68. The van der Waals surface area contributed by atoms with Crippen molar-refractivity contribution in [3.8, 4) is 0 Å². The van der Waals surface area contributed by atoms with Crippen molar-refractivity contribution >= 4 is 39.6 Å². The number of benzene rings is 1. The number of ether oxygens (including phenoxy) is 1. The Morgan fingerprint density at radius 1 is 1.17 bits per heavy atom. The highest BCUT2D eigenvalue weighted by Gasteiger charge is 2.42. The molecular formula is C25H32N4O5S. The van der Waals surface area contributed by atoms with E-state index in [1.54, 1.807) is 12.1 Å². The number of hydrogen-bond donors (Lipinski definition) is 2. The highest BCUT2D eigenvalue weighted by molar-refractivity contribution is 7.17. The fourth-order valence-corrected chi connectivity index (χ4v) is 6.58. The molecule has 2 aromatic rings. The topological polar surface area (TPSA) is 114 Å². The molecule has 0 aliphatic carbocycles. The molecule has 1 fully saturated rings. The molecule has 0 unspecified atom stereocenters. The van der Waals surface area contributed by atoms with Crippen LogP contribution in [-0.2, 0) is 16.7 Å². The monoisotopic (exact) mass is 500 g/mol. The standard InChI is InChI=1S/C25H32N4O5S/c1-24(2)14-16-19(23(31)34-5)22(35-20(16)25(3,4)27-24)26-21(30)15-9-10-17(18(13-15)29(32)33)28-11-7-6-8-12-28/h9-10,13,27H,6-8,11-12,14H2,1-5H3,(H,26,30). The van der Waals surface area contributed by atoms with Crippen molar-refractivity contribution in [2.24, 2.45) is 0 Å². The number of carbonyl (C=O) groups excluding carboxylic acids is 2. The van der Waals surface area contributed by atoms with Crippen molar-refractivity contribution in [2.75, 3.05) is 30.4 Å². The first kappa shape index (κ1) is 25.1. The van der Waals surface area contributed by atoms with E-state index in [4.69, 9.17) is 4.74 Å². The lowest BCUT2D eigenvalue weighted by molar-refractivity contribution is -0.384. The van der Waals surface area contributed by atoms with E-state index in [0.29, 0.717) is 22.7 Å². The Hall–Kier alpha value is -2.98. The molecule has 3 heterocycles. The number of nitrogens with zero attached hydrogens (tertiary/aromatic N) is 2. The van der Waals surface area contributed by atoms with Crippen LogP contribution in [0.25, 0.3) is 0 Å². The molecule has 2 aliphatic rings. The molecule has 1 aromatic heterocycles. The minimum absolute atomic E-state index is 0.0923. The predicted molar refractivity (Wildman–Crippen MR) is 137 cm³/mol. The number of amides is 1. The van der Waals surface area contributed by atoms with Crippen LogP contribution in [0.2, 0.25) is 0 Å². The summed E-state index contributed by atoms with van der Waals surface area (Å²) >= 11 is 1.34. The van der Waals surface area contributed by atoms with Gasteiger partial charge in [0.15, 0.2) is 0 Å². The summed E-state index contributed by atoms with van der Waals surface area (Å²) in [5.74, 6) is -1.02. The molecule has 10 heteroatoms. The molecule has 2 N–H and O–H groups in total. The van der Waals surface area contributed by atoms with Crippen molar-refractivity contribution in [3.05, 3.63) is 49.9 Å². The van der Waals surface area contributed by atoms with Crippen molar-refractivity contribution in [3.63, 3.8) is 0 Å². The molecule has 0 atom stereocenters. The number of piperidine rings is 1. The molecule has 0 bridgehead atoms. The fraction of sp³-hybridized carbons (Fsp3) is 0.520. The van der Waals surface area contributed by atoms with Crippen LogP contribution in [-0.4, -0.2) is 42.5 Å². The number of thiophene rings is 1. The average Bonchev–Trinajstić information content (AvgIpc) is 3.15. The lowest BCUT2D eigenvalue weighted by atomic mass is 9.81. The van der Waals surface area contributed by atoms with Crippen molar-refractivity contribution in [1.82, 2.24) is 5.32 Å². The fourth-order valence-electron chi connectivity index (χ4n) is 5.32. The van der Waals surface area contributed by atoms with Gasteiger partial charge in [-0.15, -0.1) is 11.3 Å². The lowest BCUT2D eigenvalue weighted by Gasteiger charge is -2.42. The van der Waals surface area contributed by atoms with Gasteiger partial charge in [-0.05, 0) is 71.1 Å². The summed E-state index contributed by atoms with van der Waals surface area (Å²) in [7, 11) is 1.32. The van der Waals surface area contributed by atoms with Crippen LogP contribution in [0.15, 0.2) is 18.2 Å². The summed E-state index contributed by atoms with van der Waals surface area (Å²) in [6.45, 7) is 9.73. The van der Waals surface area contributed by atoms with Crippen LogP contribution in [0.1, 0.15) is 78.1 Å². The quantitative estimate of drug-likeness (QED) is 0.343. The van der Waals surface area contributed by atoms with E-state index in [9.17, 15) is 19.7 Å². The maximum atomic E-state index is 13.2. The second-order valence-corrected chi connectivity index (χ2v) is 11.4. The zero-order valence-corrected chi connectivity index (χ0v) is 21.6.